The van der Waals surface area contributed by atoms with Crippen molar-refractivity contribution in [3.63, 3.8) is 0 Å². The lowest BCUT2D eigenvalue weighted by atomic mass is 10.1. The first-order valence-corrected chi connectivity index (χ1v) is 6.99. The van der Waals surface area contributed by atoms with Gasteiger partial charge in [0, 0.05) is 28.4 Å². The molecule has 2 N–H and O–H groups in total. The minimum absolute atomic E-state index is 0.0399. The Morgan fingerprint density at radius 1 is 1.56 bits per heavy atom. The topological polar surface area (TPSA) is 41.1 Å². The van der Waals surface area contributed by atoms with E-state index >= 15 is 0 Å². The molecule has 0 radical (unpaired) electrons. The largest absolute Gasteiger partial charge is 0.351 e. The Hall–Kier alpha value is -0.390. The second-order valence-corrected chi connectivity index (χ2v) is 6.17. The first kappa shape index (κ1) is 12.1. The van der Waals surface area contributed by atoms with Crippen molar-refractivity contribution in [2.45, 2.75) is 12.8 Å². The van der Waals surface area contributed by atoms with E-state index < -0.39 is 0 Å². The zero-order chi connectivity index (χ0) is 11.6. The van der Waals surface area contributed by atoms with E-state index in [4.69, 9.17) is 0 Å². The van der Waals surface area contributed by atoms with Gasteiger partial charge in [-0.1, -0.05) is 0 Å². The molecule has 1 aromatic heterocycles. The quantitative estimate of drug-likeness (QED) is 0.876. The van der Waals surface area contributed by atoms with Gasteiger partial charge in [-0.25, -0.2) is 0 Å². The maximum atomic E-state index is 11.8. The SMILES string of the molecule is CNCC1(CNC(=O)c2cc(Br)cs2)CC1. The number of thiophene rings is 1. The number of amides is 1. The van der Waals surface area contributed by atoms with E-state index in [0.717, 1.165) is 22.4 Å². The number of nitrogens with one attached hydrogen (secondary N) is 2. The van der Waals surface area contributed by atoms with Crippen LogP contribution in [0, 0.1) is 5.41 Å². The van der Waals surface area contributed by atoms with Crippen molar-refractivity contribution >= 4 is 33.2 Å². The third kappa shape index (κ3) is 2.84. The van der Waals surface area contributed by atoms with Gasteiger partial charge in [-0.15, -0.1) is 11.3 Å². The summed E-state index contributed by atoms with van der Waals surface area (Å²) in [5.41, 5.74) is 0.318. The molecule has 5 heteroatoms. The van der Waals surface area contributed by atoms with E-state index in [-0.39, 0.29) is 5.91 Å². The Morgan fingerprint density at radius 2 is 2.31 bits per heavy atom. The fraction of sp³-hybridized carbons (Fsp3) is 0.545. The number of rotatable bonds is 5. The Labute approximate surface area is 108 Å². The molecule has 88 valence electrons. The van der Waals surface area contributed by atoms with Crippen molar-refractivity contribution in [2.75, 3.05) is 20.1 Å². The molecule has 0 saturated heterocycles. The molecule has 2 rings (SSSR count). The Morgan fingerprint density at radius 3 is 2.81 bits per heavy atom. The molecule has 1 aliphatic rings. The molecule has 0 unspecified atom stereocenters. The minimum Gasteiger partial charge on any atom is -0.351 e. The average Bonchev–Trinajstić information content (AvgIpc) is 2.89. The molecule has 1 fully saturated rings. The van der Waals surface area contributed by atoms with Gasteiger partial charge in [0.05, 0.1) is 4.88 Å². The molecule has 0 bridgehead atoms. The molecule has 0 spiro atoms. The summed E-state index contributed by atoms with van der Waals surface area (Å²) in [7, 11) is 1.96. The number of hydrogen-bond donors (Lipinski definition) is 2. The fourth-order valence-corrected chi connectivity index (χ4v) is 3.10. The van der Waals surface area contributed by atoms with Crippen LogP contribution < -0.4 is 10.6 Å². The zero-order valence-electron chi connectivity index (χ0n) is 9.18. The predicted octanol–water partition coefficient (Wildman–Crippen LogP) is 2.24. The number of carbonyl (C=O) groups is 1. The van der Waals surface area contributed by atoms with Crippen LogP contribution in [0.3, 0.4) is 0 Å². The predicted molar refractivity (Wildman–Crippen MR) is 69.9 cm³/mol. The molecule has 0 atom stereocenters. The van der Waals surface area contributed by atoms with E-state index in [2.05, 4.69) is 26.6 Å². The highest BCUT2D eigenvalue weighted by atomic mass is 79.9. The lowest BCUT2D eigenvalue weighted by Gasteiger charge is -2.14. The van der Waals surface area contributed by atoms with Gasteiger partial charge in [-0.2, -0.15) is 0 Å². The van der Waals surface area contributed by atoms with Crippen LogP contribution in [0.4, 0.5) is 0 Å². The van der Waals surface area contributed by atoms with E-state index in [0.29, 0.717) is 5.41 Å². The van der Waals surface area contributed by atoms with Gasteiger partial charge >= 0.3 is 0 Å². The molecule has 3 nitrogen and oxygen atoms in total. The number of halogens is 1. The number of carbonyl (C=O) groups excluding carboxylic acids is 1. The van der Waals surface area contributed by atoms with Crippen LogP contribution in [0.5, 0.6) is 0 Å². The highest BCUT2D eigenvalue weighted by molar-refractivity contribution is 9.10. The first-order valence-electron chi connectivity index (χ1n) is 5.32. The summed E-state index contributed by atoms with van der Waals surface area (Å²) < 4.78 is 0.971. The van der Waals surface area contributed by atoms with Crippen LogP contribution in [0.1, 0.15) is 22.5 Å². The monoisotopic (exact) mass is 302 g/mol. The van der Waals surface area contributed by atoms with Gasteiger partial charge in [-0.05, 0) is 41.9 Å². The van der Waals surface area contributed by atoms with Gasteiger partial charge in [0.25, 0.3) is 5.91 Å². The van der Waals surface area contributed by atoms with Crippen molar-refractivity contribution < 1.29 is 4.79 Å². The molecule has 0 aromatic carbocycles. The van der Waals surface area contributed by atoms with Crippen molar-refractivity contribution in [3.05, 3.63) is 20.8 Å². The van der Waals surface area contributed by atoms with Crippen LogP contribution in [-0.2, 0) is 0 Å². The first-order chi connectivity index (χ1) is 7.65. The molecule has 1 saturated carbocycles. The van der Waals surface area contributed by atoms with Crippen LogP contribution in [0.15, 0.2) is 15.9 Å². The lowest BCUT2D eigenvalue weighted by Crippen LogP contribution is -2.34. The summed E-state index contributed by atoms with van der Waals surface area (Å²) in [4.78, 5) is 12.6. The third-order valence-electron chi connectivity index (χ3n) is 2.92. The second kappa shape index (κ2) is 4.85. The zero-order valence-corrected chi connectivity index (χ0v) is 11.6. The molecular formula is C11H15BrN2OS. The summed E-state index contributed by atoms with van der Waals surface area (Å²) >= 11 is 4.82. The Bertz CT molecular complexity index is 387. The molecule has 1 aromatic rings. The average molecular weight is 303 g/mol. The Kier molecular flexibility index (Phi) is 3.66. The highest BCUT2D eigenvalue weighted by Gasteiger charge is 2.41. The summed E-state index contributed by atoms with van der Waals surface area (Å²) in [6.45, 7) is 1.77. The van der Waals surface area contributed by atoms with Crippen molar-refractivity contribution in [1.29, 1.82) is 0 Å². The van der Waals surface area contributed by atoms with Crippen LogP contribution in [0.25, 0.3) is 0 Å². The highest BCUT2D eigenvalue weighted by Crippen LogP contribution is 2.44. The summed E-state index contributed by atoms with van der Waals surface area (Å²) in [6, 6.07) is 1.86. The fourth-order valence-electron chi connectivity index (χ4n) is 1.75. The van der Waals surface area contributed by atoms with Crippen molar-refractivity contribution in [1.82, 2.24) is 10.6 Å². The van der Waals surface area contributed by atoms with Gasteiger partial charge in [0.1, 0.15) is 0 Å². The van der Waals surface area contributed by atoms with Crippen LogP contribution in [-0.4, -0.2) is 26.0 Å². The van der Waals surface area contributed by atoms with Crippen LogP contribution in [0.2, 0.25) is 0 Å². The van der Waals surface area contributed by atoms with Crippen LogP contribution >= 0.6 is 27.3 Å². The normalized spacial score (nSPS) is 17.1. The minimum atomic E-state index is 0.0399. The molecule has 1 amide bonds. The van der Waals surface area contributed by atoms with E-state index in [1.165, 1.54) is 24.2 Å². The van der Waals surface area contributed by atoms with Crippen molar-refractivity contribution in [2.24, 2.45) is 5.41 Å². The number of hydrogen-bond acceptors (Lipinski definition) is 3. The molecule has 16 heavy (non-hydrogen) atoms. The molecule has 1 heterocycles. The van der Waals surface area contributed by atoms with Gasteiger partial charge < -0.3 is 10.6 Å². The summed E-state index contributed by atoms with van der Waals surface area (Å²) in [5, 5.41) is 8.12. The summed E-state index contributed by atoms with van der Waals surface area (Å²) in [6.07, 6.45) is 2.42. The maximum Gasteiger partial charge on any atom is 0.261 e. The Balaban J connectivity index is 1.84. The maximum absolute atomic E-state index is 11.8. The molecule has 0 aliphatic heterocycles. The summed E-state index contributed by atoms with van der Waals surface area (Å²) in [5.74, 6) is 0.0399. The molecule has 1 aliphatic carbocycles. The van der Waals surface area contributed by atoms with Crippen molar-refractivity contribution in [3.8, 4) is 0 Å². The van der Waals surface area contributed by atoms with E-state index in [1.54, 1.807) is 0 Å². The second-order valence-electron chi connectivity index (χ2n) is 4.34. The molecular weight excluding hydrogens is 288 g/mol. The lowest BCUT2D eigenvalue weighted by molar-refractivity contribution is 0.0949. The van der Waals surface area contributed by atoms with Gasteiger partial charge in [0.15, 0.2) is 0 Å². The standard InChI is InChI=1S/C11H15BrN2OS/c1-13-6-11(2-3-11)7-14-10(15)9-4-8(12)5-16-9/h4-5,13H,2-3,6-7H2,1H3,(H,14,15). The van der Waals surface area contributed by atoms with Gasteiger partial charge in [-0.3, -0.25) is 4.79 Å². The van der Waals surface area contributed by atoms with E-state index in [1.807, 2.05) is 18.5 Å². The van der Waals surface area contributed by atoms with Gasteiger partial charge in [0.2, 0.25) is 0 Å². The third-order valence-corrected chi connectivity index (χ3v) is 4.61. The smallest absolute Gasteiger partial charge is 0.261 e. The van der Waals surface area contributed by atoms with E-state index in [9.17, 15) is 4.79 Å².